The van der Waals surface area contributed by atoms with Crippen molar-refractivity contribution in [1.82, 2.24) is 9.97 Å². The number of hydrogen-bond donors (Lipinski definition) is 1. The second-order valence-corrected chi connectivity index (χ2v) is 4.33. The summed E-state index contributed by atoms with van der Waals surface area (Å²) in [6.07, 6.45) is 3.07. The van der Waals surface area contributed by atoms with Crippen LogP contribution in [0.25, 0.3) is 0 Å². The van der Waals surface area contributed by atoms with Crippen LogP contribution in [0.15, 0.2) is 36.7 Å². The number of nitrogen functional groups attached to an aromatic ring is 1. The zero-order chi connectivity index (χ0) is 13.8. The quantitative estimate of drug-likeness (QED) is 0.848. The lowest BCUT2D eigenvalue weighted by molar-refractivity contribution is 0.726. The maximum Gasteiger partial charge on any atom is 0.158 e. The van der Waals surface area contributed by atoms with E-state index in [1.807, 2.05) is 42.3 Å². The number of nitrogens with two attached hydrogens (primary N) is 1. The van der Waals surface area contributed by atoms with Gasteiger partial charge in [0.2, 0.25) is 0 Å². The lowest BCUT2D eigenvalue weighted by atomic mass is 10.1. The van der Waals surface area contributed by atoms with Crippen molar-refractivity contribution in [2.75, 3.05) is 17.7 Å². The van der Waals surface area contributed by atoms with Gasteiger partial charge in [-0.05, 0) is 24.6 Å². The Hall–Kier alpha value is -2.61. The SMILES string of the molecule is CC(c1cccc(N)c1)N(C)c1cnc(C#N)cn1. The topological polar surface area (TPSA) is 78.8 Å². The van der Waals surface area contributed by atoms with E-state index in [4.69, 9.17) is 11.0 Å². The number of aromatic nitrogens is 2. The molecule has 96 valence electrons. The molecule has 1 unspecified atom stereocenters. The first-order valence-electron chi connectivity index (χ1n) is 5.92. The van der Waals surface area contributed by atoms with Crippen LogP contribution >= 0.6 is 0 Å². The molecule has 1 aromatic heterocycles. The maximum atomic E-state index is 8.70. The molecule has 1 heterocycles. The van der Waals surface area contributed by atoms with Crippen LogP contribution in [-0.2, 0) is 0 Å². The predicted octanol–water partition coefficient (Wildman–Crippen LogP) is 2.13. The van der Waals surface area contributed by atoms with E-state index in [2.05, 4.69) is 16.9 Å². The number of anilines is 2. The van der Waals surface area contributed by atoms with Gasteiger partial charge in [0, 0.05) is 12.7 Å². The standard InChI is InChI=1S/C14H15N5/c1-10(11-4-3-5-12(16)6-11)19(2)14-9-17-13(7-15)8-18-14/h3-6,8-10H,16H2,1-2H3. The highest BCUT2D eigenvalue weighted by Crippen LogP contribution is 2.24. The summed E-state index contributed by atoms with van der Waals surface area (Å²) >= 11 is 0. The van der Waals surface area contributed by atoms with Gasteiger partial charge in [-0.25, -0.2) is 9.97 Å². The fourth-order valence-corrected chi connectivity index (χ4v) is 1.80. The van der Waals surface area contributed by atoms with Gasteiger partial charge < -0.3 is 10.6 Å². The van der Waals surface area contributed by atoms with Gasteiger partial charge in [0.15, 0.2) is 5.69 Å². The fraction of sp³-hybridized carbons (Fsp3) is 0.214. The van der Waals surface area contributed by atoms with Crippen LogP contribution in [0.2, 0.25) is 0 Å². The van der Waals surface area contributed by atoms with Crippen LogP contribution in [0.3, 0.4) is 0 Å². The molecule has 5 heteroatoms. The average molecular weight is 253 g/mol. The number of nitrogens with zero attached hydrogens (tertiary/aromatic N) is 4. The molecule has 0 fully saturated rings. The maximum absolute atomic E-state index is 8.70. The Kier molecular flexibility index (Phi) is 3.62. The minimum Gasteiger partial charge on any atom is -0.399 e. The van der Waals surface area contributed by atoms with Gasteiger partial charge in [-0.15, -0.1) is 0 Å². The Labute approximate surface area is 112 Å². The van der Waals surface area contributed by atoms with Gasteiger partial charge in [-0.2, -0.15) is 5.26 Å². The van der Waals surface area contributed by atoms with Crippen LogP contribution in [0.5, 0.6) is 0 Å². The summed E-state index contributed by atoms with van der Waals surface area (Å²) in [6.45, 7) is 2.06. The number of nitriles is 1. The van der Waals surface area contributed by atoms with Crippen LogP contribution in [-0.4, -0.2) is 17.0 Å². The van der Waals surface area contributed by atoms with Crippen molar-refractivity contribution in [2.45, 2.75) is 13.0 Å². The molecule has 1 aromatic carbocycles. The second-order valence-electron chi connectivity index (χ2n) is 4.33. The lowest BCUT2D eigenvalue weighted by Crippen LogP contribution is -2.22. The van der Waals surface area contributed by atoms with E-state index in [1.54, 1.807) is 6.20 Å². The largest absolute Gasteiger partial charge is 0.399 e. The summed E-state index contributed by atoms with van der Waals surface area (Å²) in [5.41, 5.74) is 7.95. The highest BCUT2D eigenvalue weighted by molar-refractivity contribution is 5.45. The van der Waals surface area contributed by atoms with E-state index in [0.717, 1.165) is 11.3 Å². The Morgan fingerprint density at radius 3 is 2.68 bits per heavy atom. The summed E-state index contributed by atoms with van der Waals surface area (Å²) in [5, 5.41) is 8.70. The van der Waals surface area contributed by atoms with Crippen molar-refractivity contribution < 1.29 is 0 Å². The highest BCUT2D eigenvalue weighted by Gasteiger charge is 2.13. The van der Waals surface area contributed by atoms with E-state index >= 15 is 0 Å². The summed E-state index contributed by atoms with van der Waals surface area (Å²) in [4.78, 5) is 10.2. The molecule has 2 N–H and O–H groups in total. The van der Waals surface area contributed by atoms with E-state index in [-0.39, 0.29) is 6.04 Å². The van der Waals surface area contributed by atoms with Crippen molar-refractivity contribution in [3.05, 3.63) is 47.9 Å². The first-order valence-corrected chi connectivity index (χ1v) is 5.92. The van der Waals surface area contributed by atoms with Gasteiger partial charge in [0.25, 0.3) is 0 Å². The molecule has 19 heavy (non-hydrogen) atoms. The van der Waals surface area contributed by atoms with Gasteiger partial charge in [0.1, 0.15) is 11.9 Å². The van der Waals surface area contributed by atoms with Crippen LogP contribution in [0.4, 0.5) is 11.5 Å². The van der Waals surface area contributed by atoms with Crippen molar-refractivity contribution in [2.24, 2.45) is 0 Å². The summed E-state index contributed by atoms with van der Waals surface area (Å²) in [6, 6.07) is 9.82. The number of rotatable bonds is 3. The number of hydrogen-bond acceptors (Lipinski definition) is 5. The average Bonchev–Trinajstić information content (AvgIpc) is 2.46. The van der Waals surface area contributed by atoms with Gasteiger partial charge in [-0.3, -0.25) is 0 Å². The third-order valence-electron chi connectivity index (χ3n) is 3.09. The third kappa shape index (κ3) is 2.80. The molecular weight excluding hydrogens is 238 g/mol. The monoisotopic (exact) mass is 253 g/mol. The molecule has 0 bridgehead atoms. The summed E-state index contributed by atoms with van der Waals surface area (Å²) in [5.74, 6) is 0.717. The molecule has 0 aliphatic heterocycles. The second kappa shape index (κ2) is 5.36. The van der Waals surface area contributed by atoms with Crippen molar-refractivity contribution in [3.63, 3.8) is 0 Å². The van der Waals surface area contributed by atoms with E-state index < -0.39 is 0 Å². The van der Waals surface area contributed by atoms with Crippen molar-refractivity contribution in [3.8, 4) is 6.07 Å². The number of benzene rings is 1. The molecular formula is C14H15N5. The lowest BCUT2D eigenvalue weighted by Gasteiger charge is -2.26. The molecule has 2 aromatic rings. The Morgan fingerprint density at radius 1 is 1.32 bits per heavy atom. The normalized spacial score (nSPS) is 11.6. The molecule has 0 saturated heterocycles. The van der Waals surface area contributed by atoms with Gasteiger partial charge >= 0.3 is 0 Å². The molecule has 0 aliphatic rings. The smallest absolute Gasteiger partial charge is 0.158 e. The van der Waals surface area contributed by atoms with Crippen LogP contribution < -0.4 is 10.6 Å². The molecule has 1 atom stereocenters. The first kappa shape index (κ1) is 12.8. The summed E-state index contributed by atoms with van der Waals surface area (Å²) < 4.78 is 0. The van der Waals surface area contributed by atoms with Gasteiger partial charge in [0.05, 0.1) is 18.4 Å². The van der Waals surface area contributed by atoms with E-state index in [0.29, 0.717) is 11.5 Å². The Balaban J connectivity index is 2.23. The van der Waals surface area contributed by atoms with Gasteiger partial charge in [-0.1, -0.05) is 12.1 Å². The molecule has 0 aliphatic carbocycles. The Bertz CT molecular complexity index is 600. The molecule has 5 nitrogen and oxygen atoms in total. The third-order valence-corrected chi connectivity index (χ3v) is 3.09. The van der Waals surface area contributed by atoms with Crippen molar-refractivity contribution >= 4 is 11.5 Å². The highest BCUT2D eigenvalue weighted by atomic mass is 15.2. The molecule has 0 amide bonds. The molecule has 2 rings (SSSR count). The Morgan fingerprint density at radius 2 is 2.11 bits per heavy atom. The van der Waals surface area contributed by atoms with E-state index in [9.17, 15) is 0 Å². The zero-order valence-corrected chi connectivity index (χ0v) is 10.9. The minimum absolute atomic E-state index is 0.116. The van der Waals surface area contributed by atoms with Crippen LogP contribution in [0, 0.1) is 11.3 Å². The minimum atomic E-state index is 0.116. The zero-order valence-electron chi connectivity index (χ0n) is 10.9. The predicted molar refractivity (Wildman–Crippen MR) is 74.4 cm³/mol. The molecule has 0 spiro atoms. The van der Waals surface area contributed by atoms with E-state index in [1.165, 1.54) is 6.20 Å². The summed E-state index contributed by atoms with van der Waals surface area (Å²) in [7, 11) is 1.93. The fourth-order valence-electron chi connectivity index (χ4n) is 1.80. The first-order chi connectivity index (χ1) is 9.11. The van der Waals surface area contributed by atoms with Crippen molar-refractivity contribution in [1.29, 1.82) is 5.26 Å². The van der Waals surface area contributed by atoms with Crippen LogP contribution in [0.1, 0.15) is 24.2 Å². The molecule has 0 radical (unpaired) electrons. The molecule has 0 saturated carbocycles.